The summed E-state index contributed by atoms with van der Waals surface area (Å²) in [5, 5.41) is 0. The molecule has 4 heteroatoms. The van der Waals surface area contributed by atoms with Crippen LogP contribution in [0.15, 0.2) is 65.8 Å². The molecule has 0 radical (unpaired) electrons. The van der Waals surface area contributed by atoms with Crippen LogP contribution < -0.4 is 0 Å². The normalized spacial score (nSPS) is 25.9. The highest BCUT2D eigenvalue weighted by Crippen LogP contribution is 2.36. The molecule has 22 heavy (non-hydrogen) atoms. The zero-order valence-electron chi connectivity index (χ0n) is 12.4. The van der Waals surface area contributed by atoms with Gasteiger partial charge in [-0.3, -0.25) is 0 Å². The van der Waals surface area contributed by atoms with Crippen molar-refractivity contribution in [3.8, 4) is 0 Å². The molecule has 0 unspecified atom stereocenters. The molecule has 1 aromatic rings. The minimum atomic E-state index is -0.111. The largest absolute Gasteiger partial charge is 0.496 e. The summed E-state index contributed by atoms with van der Waals surface area (Å²) < 4.78 is 19.0. The van der Waals surface area contributed by atoms with E-state index in [-0.39, 0.29) is 12.0 Å². The molecule has 0 spiro atoms. The summed E-state index contributed by atoms with van der Waals surface area (Å²) in [6.07, 6.45) is 8.42. The standard InChI is InChI=1S/C18H18NO3/c1-20-17-15-11-19(10-13-5-3-2-4-6-13)8-7-14(15)9-16-18(17)22-12-21-16/h2-9,11,15-16H,10,12H2,1H3/q+1/t15-,16+/m1/s1. The van der Waals surface area contributed by atoms with Crippen molar-refractivity contribution in [3.05, 3.63) is 71.3 Å². The Bertz CT molecular complexity index is 700. The van der Waals surface area contributed by atoms with E-state index in [0.717, 1.165) is 18.1 Å². The van der Waals surface area contributed by atoms with Crippen molar-refractivity contribution < 1.29 is 18.8 Å². The average molecular weight is 296 g/mol. The molecule has 2 heterocycles. The van der Waals surface area contributed by atoms with E-state index in [2.05, 4.69) is 53.4 Å². The molecule has 1 aromatic carbocycles. The first kappa shape index (κ1) is 13.3. The minimum Gasteiger partial charge on any atom is -0.496 e. The Balaban J connectivity index is 1.65. The number of hydrogen-bond donors (Lipinski definition) is 0. The predicted molar refractivity (Wildman–Crippen MR) is 82.0 cm³/mol. The zero-order chi connectivity index (χ0) is 14.9. The highest BCUT2D eigenvalue weighted by Gasteiger charge is 2.38. The van der Waals surface area contributed by atoms with Gasteiger partial charge in [-0.2, -0.15) is 0 Å². The van der Waals surface area contributed by atoms with E-state index in [1.807, 2.05) is 6.07 Å². The number of methoxy groups -OCH3 is 1. The summed E-state index contributed by atoms with van der Waals surface area (Å²) >= 11 is 0. The molecule has 0 saturated carbocycles. The number of nitrogens with zero attached hydrogens (tertiary/aromatic N) is 1. The summed E-state index contributed by atoms with van der Waals surface area (Å²) in [6, 6.07) is 10.4. The second-order valence-electron chi connectivity index (χ2n) is 5.55. The van der Waals surface area contributed by atoms with Gasteiger partial charge in [0.05, 0.1) is 7.11 Å². The summed E-state index contributed by atoms with van der Waals surface area (Å²) in [5.41, 5.74) is 2.47. The molecular formula is C18H18NO3+. The number of allylic oxidation sites excluding steroid dienone is 2. The highest BCUT2D eigenvalue weighted by molar-refractivity contribution is 5.69. The molecule has 4 rings (SSSR count). The van der Waals surface area contributed by atoms with Gasteiger partial charge in [-0.1, -0.05) is 30.3 Å². The first-order valence-electron chi connectivity index (χ1n) is 7.42. The lowest BCUT2D eigenvalue weighted by Gasteiger charge is -2.24. The van der Waals surface area contributed by atoms with Gasteiger partial charge in [-0.05, 0) is 11.6 Å². The third-order valence-corrected chi connectivity index (χ3v) is 4.18. The molecule has 1 saturated heterocycles. The van der Waals surface area contributed by atoms with Crippen LogP contribution in [-0.2, 0) is 20.8 Å². The third kappa shape index (κ3) is 2.25. The number of rotatable bonds is 3. The van der Waals surface area contributed by atoms with Crippen molar-refractivity contribution in [3.63, 3.8) is 0 Å². The summed E-state index contributed by atoms with van der Waals surface area (Å²) in [5.74, 6) is 1.75. The smallest absolute Gasteiger partial charge is 0.190 e. The summed E-state index contributed by atoms with van der Waals surface area (Å²) in [6.45, 7) is 1.13. The first-order valence-corrected chi connectivity index (χ1v) is 7.42. The van der Waals surface area contributed by atoms with Gasteiger partial charge in [0.2, 0.25) is 0 Å². The number of hydrogen-bond acceptors (Lipinski definition) is 3. The Kier molecular flexibility index (Phi) is 3.31. The second-order valence-corrected chi connectivity index (χ2v) is 5.55. The van der Waals surface area contributed by atoms with E-state index < -0.39 is 0 Å². The molecule has 2 atom stereocenters. The van der Waals surface area contributed by atoms with Crippen LogP contribution in [-0.4, -0.2) is 30.8 Å². The number of benzene rings is 1. The molecule has 1 aliphatic carbocycles. The lowest BCUT2D eigenvalue weighted by Crippen LogP contribution is -2.27. The molecule has 3 aliphatic rings. The van der Waals surface area contributed by atoms with Crippen LogP contribution >= 0.6 is 0 Å². The molecule has 0 amide bonds. The van der Waals surface area contributed by atoms with Crippen LogP contribution in [0.25, 0.3) is 0 Å². The fraction of sp³-hybridized carbons (Fsp3) is 0.278. The molecule has 0 aromatic heterocycles. The minimum absolute atomic E-state index is 0.0895. The molecule has 1 fully saturated rings. The van der Waals surface area contributed by atoms with Crippen LogP contribution in [0.5, 0.6) is 0 Å². The van der Waals surface area contributed by atoms with Gasteiger partial charge in [0.25, 0.3) is 0 Å². The maximum atomic E-state index is 5.62. The van der Waals surface area contributed by atoms with E-state index in [1.165, 1.54) is 11.1 Å². The van der Waals surface area contributed by atoms with Crippen LogP contribution in [0.4, 0.5) is 0 Å². The monoisotopic (exact) mass is 296 g/mol. The molecule has 0 N–H and O–H groups in total. The van der Waals surface area contributed by atoms with E-state index in [9.17, 15) is 0 Å². The van der Waals surface area contributed by atoms with Gasteiger partial charge < -0.3 is 14.2 Å². The van der Waals surface area contributed by atoms with Crippen molar-refractivity contribution in [1.82, 2.24) is 0 Å². The van der Waals surface area contributed by atoms with Crippen molar-refractivity contribution in [2.24, 2.45) is 5.92 Å². The van der Waals surface area contributed by atoms with E-state index in [1.54, 1.807) is 7.11 Å². The lowest BCUT2D eigenvalue weighted by atomic mass is 9.88. The van der Waals surface area contributed by atoms with Gasteiger partial charge in [-0.25, -0.2) is 4.58 Å². The fourth-order valence-electron chi connectivity index (χ4n) is 3.11. The Morgan fingerprint density at radius 1 is 1.27 bits per heavy atom. The Hall–Kier alpha value is -2.33. The van der Waals surface area contributed by atoms with Crippen LogP contribution in [0.3, 0.4) is 0 Å². The third-order valence-electron chi connectivity index (χ3n) is 4.18. The number of fused-ring (bicyclic) bond motifs is 2. The average Bonchev–Trinajstić information content (AvgIpc) is 3.01. The lowest BCUT2D eigenvalue weighted by molar-refractivity contribution is -0.472. The quantitative estimate of drug-likeness (QED) is 0.803. The maximum Gasteiger partial charge on any atom is 0.190 e. The van der Waals surface area contributed by atoms with Crippen molar-refractivity contribution in [1.29, 1.82) is 0 Å². The van der Waals surface area contributed by atoms with Crippen LogP contribution in [0.2, 0.25) is 0 Å². The zero-order valence-corrected chi connectivity index (χ0v) is 12.4. The van der Waals surface area contributed by atoms with Gasteiger partial charge in [-0.15, -0.1) is 0 Å². The molecule has 2 aliphatic heterocycles. The predicted octanol–water partition coefficient (Wildman–Crippen LogP) is 2.58. The van der Waals surface area contributed by atoms with Crippen LogP contribution in [0.1, 0.15) is 5.56 Å². The van der Waals surface area contributed by atoms with Crippen molar-refractivity contribution >= 4 is 6.21 Å². The molecular weight excluding hydrogens is 278 g/mol. The van der Waals surface area contributed by atoms with Gasteiger partial charge in [0, 0.05) is 11.6 Å². The van der Waals surface area contributed by atoms with Crippen molar-refractivity contribution in [2.45, 2.75) is 12.6 Å². The Morgan fingerprint density at radius 2 is 2.14 bits per heavy atom. The highest BCUT2D eigenvalue weighted by atomic mass is 16.7. The molecule has 4 nitrogen and oxygen atoms in total. The maximum absolute atomic E-state index is 5.62. The topological polar surface area (TPSA) is 30.7 Å². The van der Waals surface area contributed by atoms with E-state index >= 15 is 0 Å². The van der Waals surface area contributed by atoms with Crippen molar-refractivity contribution in [2.75, 3.05) is 13.9 Å². The fourth-order valence-corrected chi connectivity index (χ4v) is 3.11. The number of ether oxygens (including phenoxy) is 3. The van der Waals surface area contributed by atoms with Gasteiger partial charge >= 0.3 is 0 Å². The van der Waals surface area contributed by atoms with Crippen LogP contribution in [0, 0.1) is 5.92 Å². The molecule has 112 valence electrons. The first-order chi connectivity index (χ1) is 10.8. The summed E-state index contributed by atoms with van der Waals surface area (Å²) in [7, 11) is 1.69. The van der Waals surface area contributed by atoms with Gasteiger partial charge in [0.15, 0.2) is 37.3 Å². The van der Waals surface area contributed by atoms with Gasteiger partial charge in [0.1, 0.15) is 12.0 Å². The van der Waals surface area contributed by atoms with E-state index in [0.29, 0.717) is 6.79 Å². The van der Waals surface area contributed by atoms with E-state index in [4.69, 9.17) is 14.2 Å². The second kappa shape index (κ2) is 5.46. The molecule has 0 bridgehead atoms. The Labute approximate surface area is 129 Å². The summed E-state index contributed by atoms with van der Waals surface area (Å²) in [4.78, 5) is 0. The Morgan fingerprint density at radius 3 is 2.95 bits per heavy atom. The SMILES string of the molecule is COC1=C2OCO[C@H]2C=C2C=C[N+](Cc3ccccc3)=C[C@H]21.